The van der Waals surface area contributed by atoms with Gasteiger partial charge in [0, 0.05) is 23.6 Å². The number of hydrogen-bond donors (Lipinski definition) is 0. The minimum atomic E-state index is -0.229. The number of carbonyl (C=O) groups excluding carboxylic acids is 1. The molecule has 2 aromatic rings. The molecule has 2 rings (SSSR count). The normalized spacial score (nSPS) is 10.3. The Kier molecular flexibility index (Phi) is 3.42. The van der Waals surface area contributed by atoms with Gasteiger partial charge < -0.3 is 4.57 Å². The van der Waals surface area contributed by atoms with E-state index in [4.69, 9.17) is 0 Å². The first-order chi connectivity index (χ1) is 8.67. The van der Waals surface area contributed by atoms with E-state index in [1.54, 1.807) is 6.20 Å². The molecule has 0 radical (unpaired) electrons. The Morgan fingerprint density at radius 1 is 1.28 bits per heavy atom. The van der Waals surface area contributed by atoms with Gasteiger partial charge in [-0.1, -0.05) is 25.1 Å². The van der Waals surface area contributed by atoms with Crippen molar-refractivity contribution in [2.24, 2.45) is 0 Å². The maximum atomic E-state index is 11.6. The van der Waals surface area contributed by atoms with Gasteiger partial charge in [0.1, 0.15) is 0 Å². The SMILES string of the molecule is CCc1ccccc1-n1cc(C=O)c(=O)cc1C. The minimum Gasteiger partial charge on any atom is -0.320 e. The van der Waals surface area contributed by atoms with Crippen molar-refractivity contribution in [1.29, 1.82) is 0 Å². The first-order valence-corrected chi connectivity index (χ1v) is 5.94. The van der Waals surface area contributed by atoms with Gasteiger partial charge in [0.15, 0.2) is 11.7 Å². The molecule has 0 aliphatic rings. The highest BCUT2D eigenvalue weighted by atomic mass is 16.1. The Morgan fingerprint density at radius 2 is 2.00 bits per heavy atom. The zero-order valence-electron chi connectivity index (χ0n) is 10.5. The number of aryl methyl sites for hydroxylation is 2. The van der Waals surface area contributed by atoms with E-state index >= 15 is 0 Å². The van der Waals surface area contributed by atoms with E-state index in [9.17, 15) is 9.59 Å². The van der Waals surface area contributed by atoms with Crippen molar-refractivity contribution in [3.8, 4) is 5.69 Å². The van der Waals surface area contributed by atoms with Gasteiger partial charge >= 0.3 is 0 Å². The van der Waals surface area contributed by atoms with Gasteiger partial charge in [0.25, 0.3) is 0 Å². The van der Waals surface area contributed by atoms with E-state index in [1.807, 2.05) is 35.8 Å². The molecule has 3 nitrogen and oxygen atoms in total. The lowest BCUT2D eigenvalue weighted by Gasteiger charge is -2.14. The fourth-order valence-electron chi connectivity index (χ4n) is 2.04. The average Bonchev–Trinajstić information content (AvgIpc) is 2.39. The van der Waals surface area contributed by atoms with Crippen molar-refractivity contribution in [3.05, 3.63) is 63.6 Å². The monoisotopic (exact) mass is 241 g/mol. The molecule has 0 saturated carbocycles. The molecule has 0 saturated heterocycles. The van der Waals surface area contributed by atoms with Gasteiger partial charge in [-0.15, -0.1) is 0 Å². The third-order valence-electron chi connectivity index (χ3n) is 3.03. The topological polar surface area (TPSA) is 39.1 Å². The molecule has 0 unspecified atom stereocenters. The Morgan fingerprint density at radius 3 is 2.67 bits per heavy atom. The van der Waals surface area contributed by atoms with E-state index in [0.717, 1.165) is 17.8 Å². The third-order valence-corrected chi connectivity index (χ3v) is 3.03. The molecule has 0 atom stereocenters. The highest BCUT2D eigenvalue weighted by Gasteiger charge is 2.07. The number of para-hydroxylation sites is 1. The zero-order chi connectivity index (χ0) is 13.1. The molecule has 1 heterocycles. The molecule has 1 aromatic carbocycles. The van der Waals surface area contributed by atoms with Gasteiger partial charge in [-0.3, -0.25) is 9.59 Å². The predicted molar refractivity (Wildman–Crippen MR) is 71.5 cm³/mol. The fourth-order valence-corrected chi connectivity index (χ4v) is 2.04. The minimum absolute atomic E-state index is 0.187. The highest BCUT2D eigenvalue weighted by Crippen LogP contribution is 2.16. The van der Waals surface area contributed by atoms with Crippen LogP contribution in [-0.4, -0.2) is 10.9 Å². The molecule has 92 valence electrons. The van der Waals surface area contributed by atoms with Crippen LogP contribution in [-0.2, 0) is 6.42 Å². The summed E-state index contributed by atoms with van der Waals surface area (Å²) in [4.78, 5) is 22.4. The lowest BCUT2D eigenvalue weighted by atomic mass is 10.1. The number of hydrogen-bond acceptors (Lipinski definition) is 2. The van der Waals surface area contributed by atoms with Crippen LogP contribution < -0.4 is 5.43 Å². The summed E-state index contributed by atoms with van der Waals surface area (Å²) in [5, 5.41) is 0. The molecule has 0 spiro atoms. The Labute approximate surface area is 106 Å². The van der Waals surface area contributed by atoms with Crippen LogP contribution in [0.25, 0.3) is 5.69 Å². The molecule has 3 heteroatoms. The number of aldehydes is 1. The average molecular weight is 241 g/mol. The van der Waals surface area contributed by atoms with Gasteiger partial charge in [0.05, 0.1) is 5.56 Å². The second kappa shape index (κ2) is 5.00. The molecular formula is C15H15NO2. The number of carbonyl (C=O) groups is 1. The molecule has 18 heavy (non-hydrogen) atoms. The molecule has 0 N–H and O–H groups in total. The fraction of sp³-hybridized carbons (Fsp3) is 0.200. The number of benzene rings is 1. The molecular weight excluding hydrogens is 226 g/mol. The van der Waals surface area contributed by atoms with Crippen molar-refractivity contribution in [2.75, 3.05) is 0 Å². The number of rotatable bonds is 3. The Balaban J connectivity index is 2.71. The number of aromatic nitrogens is 1. The van der Waals surface area contributed by atoms with E-state index < -0.39 is 0 Å². The smallest absolute Gasteiger partial charge is 0.192 e. The first kappa shape index (κ1) is 12.3. The Hall–Kier alpha value is -2.16. The summed E-state index contributed by atoms with van der Waals surface area (Å²) in [5.41, 5.74) is 2.98. The van der Waals surface area contributed by atoms with Crippen LogP contribution in [0.3, 0.4) is 0 Å². The second-order valence-corrected chi connectivity index (χ2v) is 4.20. The summed E-state index contributed by atoms with van der Waals surface area (Å²) in [7, 11) is 0. The van der Waals surface area contributed by atoms with E-state index in [-0.39, 0.29) is 11.0 Å². The van der Waals surface area contributed by atoms with Crippen LogP contribution in [0, 0.1) is 6.92 Å². The summed E-state index contributed by atoms with van der Waals surface area (Å²) in [5.74, 6) is 0. The van der Waals surface area contributed by atoms with Crippen molar-refractivity contribution in [3.63, 3.8) is 0 Å². The van der Waals surface area contributed by atoms with Crippen LogP contribution in [0.1, 0.15) is 28.5 Å². The van der Waals surface area contributed by atoms with Crippen LogP contribution in [0.15, 0.2) is 41.3 Å². The summed E-state index contributed by atoms with van der Waals surface area (Å²) < 4.78 is 1.89. The van der Waals surface area contributed by atoms with Crippen molar-refractivity contribution >= 4 is 6.29 Å². The van der Waals surface area contributed by atoms with Crippen LogP contribution in [0.5, 0.6) is 0 Å². The predicted octanol–water partition coefficient (Wildman–Crippen LogP) is 2.52. The maximum absolute atomic E-state index is 11.6. The maximum Gasteiger partial charge on any atom is 0.192 e. The molecule has 0 fully saturated rings. The number of pyridine rings is 1. The van der Waals surface area contributed by atoms with Gasteiger partial charge in [-0.2, -0.15) is 0 Å². The Bertz CT molecular complexity index is 641. The highest BCUT2D eigenvalue weighted by molar-refractivity contribution is 5.74. The first-order valence-electron chi connectivity index (χ1n) is 5.94. The molecule has 0 amide bonds. The number of nitrogens with zero attached hydrogens (tertiary/aromatic N) is 1. The van der Waals surface area contributed by atoms with E-state index in [2.05, 4.69) is 6.92 Å². The lowest BCUT2D eigenvalue weighted by Crippen LogP contribution is -2.14. The molecule has 0 bridgehead atoms. The quantitative estimate of drug-likeness (QED) is 0.774. The van der Waals surface area contributed by atoms with Crippen molar-refractivity contribution < 1.29 is 4.79 Å². The molecule has 0 aliphatic carbocycles. The van der Waals surface area contributed by atoms with Crippen LogP contribution >= 0.6 is 0 Å². The van der Waals surface area contributed by atoms with E-state index in [1.165, 1.54) is 11.6 Å². The largest absolute Gasteiger partial charge is 0.320 e. The zero-order valence-corrected chi connectivity index (χ0v) is 10.5. The second-order valence-electron chi connectivity index (χ2n) is 4.20. The third kappa shape index (κ3) is 2.12. The summed E-state index contributed by atoms with van der Waals surface area (Å²) in [6.45, 7) is 3.94. The summed E-state index contributed by atoms with van der Waals surface area (Å²) >= 11 is 0. The van der Waals surface area contributed by atoms with Crippen molar-refractivity contribution in [1.82, 2.24) is 4.57 Å². The van der Waals surface area contributed by atoms with Crippen LogP contribution in [0.2, 0.25) is 0 Å². The van der Waals surface area contributed by atoms with Crippen molar-refractivity contribution in [2.45, 2.75) is 20.3 Å². The van der Waals surface area contributed by atoms with Crippen LogP contribution in [0.4, 0.5) is 0 Å². The standard InChI is InChI=1S/C15H15NO2/c1-3-12-6-4-5-7-14(12)16-9-13(10-17)15(18)8-11(16)2/h4-10H,3H2,1-2H3. The molecule has 1 aromatic heterocycles. The van der Waals surface area contributed by atoms with Gasteiger partial charge in [0.2, 0.25) is 0 Å². The van der Waals surface area contributed by atoms with E-state index in [0.29, 0.717) is 6.29 Å². The molecule has 0 aliphatic heterocycles. The summed E-state index contributed by atoms with van der Waals surface area (Å²) in [6.07, 6.45) is 3.12. The lowest BCUT2D eigenvalue weighted by molar-refractivity contribution is 0.112. The summed E-state index contributed by atoms with van der Waals surface area (Å²) in [6, 6.07) is 9.47. The van der Waals surface area contributed by atoms with Gasteiger partial charge in [-0.25, -0.2) is 0 Å². The van der Waals surface area contributed by atoms with Gasteiger partial charge in [-0.05, 0) is 25.0 Å².